The van der Waals surface area contributed by atoms with Gasteiger partial charge in [0.2, 0.25) is 0 Å². The minimum Gasteiger partial charge on any atom is -0.496 e. The Morgan fingerprint density at radius 1 is 1.28 bits per heavy atom. The van der Waals surface area contributed by atoms with Crippen LogP contribution in [0.1, 0.15) is 43.2 Å². The summed E-state index contributed by atoms with van der Waals surface area (Å²) in [7, 11) is 1.69. The van der Waals surface area contributed by atoms with Crippen molar-refractivity contribution < 1.29 is 4.74 Å². The molecule has 0 radical (unpaired) electrons. The fourth-order valence-electron chi connectivity index (χ4n) is 3.23. The smallest absolute Gasteiger partial charge is 0.123 e. The lowest BCUT2D eigenvalue weighted by Gasteiger charge is -2.38. The number of hydrogen-bond donors (Lipinski definition) is 1. The Hall–Kier alpha value is -0.730. The molecule has 18 heavy (non-hydrogen) atoms. The van der Waals surface area contributed by atoms with Crippen molar-refractivity contribution in [3.8, 4) is 5.75 Å². The maximum atomic E-state index is 6.22. The summed E-state index contributed by atoms with van der Waals surface area (Å²) in [6.07, 6.45) is 6.15. The molecule has 3 heteroatoms. The number of methoxy groups -OCH3 is 1. The van der Waals surface area contributed by atoms with Crippen molar-refractivity contribution in [2.24, 2.45) is 5.73 Å². The Morgan fingerprint density at radius 3 is 2.50 bits per heavy atom. The molecule has 1 fully saturated rings. The average Bonchev–Trinajstić information content (AvgIpc) is 2.41. The molecule has 0 amide bonds. The molecular formula is C15H22ClNO. The molecule has 2 rings (SSSR count). The number of ether oxygens (including phenoxy) is 1. The Bertz CT molecular complexity index is 425. The predicted octanol–water partition coefficient (Wildman–Crippen LogP) is 3.82. The van der Waals surface area contributed by atoms with Crippen LogP contribution >= 0.6 is 11.6 Å². The number of hydrogen-bond acceptors (Lipinski definition) is 2. The van der Waals surface area contributed by atoms with Gasteiger partial charge in [-0.1, -0.05) is 30.9 Å². The third kappa shape index (κ3) is 2.36. The highest BCUT2D eigenvalue weighted by atomic mass is 35.5. The maximum absolute atomic E-state index is 6.22. The zero-order valence-electron chi connectivity index (χ0n) is 11.3. The number of nitrogens with two attached hydrogens (primary N) is 1. The van der Waals surface area contributed by atoms with E-state index < -0.39 is 0 Å². The second-order valence-corrected chi connectivity index (χ2v) is 5.76. The summed E-state index contributed by atoms with van der Waals surface area (Å²) < 4.78 is 5.42. The third-order valence-electron chi connectivity index (χ3n) is 4.32. The van der Waals surface area contributed by atoms with Gasteiger partial charge >= 0.3 is 0 Å². The van der Waals surface area contributed by atoms with Crippen LogP contribution < -0.4 is 10.5 Å². The number of benzene rings is 1. The fraction of sp³-hybridized carbons (Fsp3) is 0.600. The van der Waals surface area contributed by atoms with Crippen LogP contribution in [0, 0.1) is 6.92 Å². The van der Waals surface area contributed by atoms with Gasteiger partial charge in [0.1, 0.15) is 5.75 Å². The van der Waals surface area contributed by atoms with Crippen LogP contribution in [-0.2, 0) is 5.41 Å². The van der Waals surface area contributed by atoms with Gasteiger partial charge in [-0.15, -0.1) is 0 Å². The minimum absolute atomic E-state index is 0.0977. The second kappa shape index (κ2) is 5.50. The molecule has 1 aromatic carbocycles. The second-order valence-electron chi connectivity index (χ2n) is 5.33. The largest absolute Gasteiger partial charge is 0.496 e. The van der Waals surface area contributed by atoms with Gasteiger partial charge in [-0.3, -0.25) is 0 Å². The average molecular weight is 268 g/mol. The van der Waals surface area contributed by atoms with Gasteiger partial charge in [0, 0.05) is 17.0 Å². The molecule has 2 nitrogen and oxygen atoms in total. The molecule has 2 N–H and O–H groups in total. The summed E-state index contributed by atoms with van der Waals surface area (Å²) in [6, 6.07) is 3.96. The van der Waals surface area contributed by atoms with Gasteiger partial charge in [-0.25, -0.2) is 0 Å². The lowest BCUT2D eigenvalue weighted by Crippen LogP contribution is -2.37. The normalized spacial score (nSPS) is 18.7. The molecule has 0 unspecified atom stereocenters. The molecular weight excluding hydrogens is 246 g/mol. The first kappa shape index (κ1) is 13.7. The summed E-state index contributed by atoms with van der Waals surface area (Å²) >= 11 is 6.22. The van der Waals surface area contributed by atoms with Crippen molar-refractivity contribution in [2.45, 2.75) is 44.4 Å². The number of halogens is 1. The van der Waals surface area contributed by atoms with Crippen LogP contribution in [-0.4, -0.2) is 13.7 Å². The lowest BCUT2D eigenvalue weighted by atomic mass is 9.68. The first-order valence-electron chi connectivity index (χ1n) is 6.67. The van der Waals surface area contributed by atoms with Crippen molar-refractivity contribution in [1.29, 1.82) is 0 Å². The van der Waals surface area contributed by atoms with E-state index in [-0.39, 0.29) is 5.41 Å². The van der Waals surface area contributed by atoms with E-state index in [1.54, 1.807) is 7.11 Å². The van der Waals surface area contributed by atoms with Crippen molar-refractivity contribution in [2.75, 3.05) is 13.7 Å². The highest BCUT2D eigenvalue weighted by Gasteiger charge is 2.34. The van der Waals surface area contributed by atoms with E-state index in [1.807, 2.05) is 6.07 Å². The van der Waals surface area contributed by atoms with E-state index >= 15 is 0 Å². The molecule has 1 aliphatic rings. The Morgan fingerprint density at radius 2 is 1.94 bits per heavy atom. The molecule has 0 aromatic heterocycles. The van der Waals surface area contributed by atoms with Crippen molar-refractivity contribution in [1.82, 2.24) is 0 Å². The standard InChI is InChI=1S/C15H22ClNO/c1-11-13(8-12(16)9-14(11)18-2)15(10-17)6-4-3-5-7-15/h8-9H,3-7,10,17H2,1-2H3. The Labute approximate surface area is 114 Å². The van der Waals surface area contributed by atoms with E-state index in [0.717, 1.165) is 23.6 Å². The molecule has 0 atom stereocenters. The molecule has 1 saturated carbocycles. The van der Waals surface area contributed by atoms with E-state index in [1.165, 1.54) is 30.4 Å². The van der Waals surface area contributed by atoms with Gasteiger partial charge in [-0.2, -0.15) is 0 Å². The van der Waals surface area contributed by atoms with Gasteiger partial charge in [0.15, 0.2) is 0 Å². The van der Waals surface area contributed by atoms with Crippen LogP contribution in [0.5, 0.6) is 5.75 Å². The van der Waals surface area contributed by atoms with Crippen LogP contribution in [0.25, 0.3) is 0 Å². The highest BCUT2D eigenvalue weighted by molar-refractivity contribution is 6.30. The first-order valence-corrected chi connectivity index (χ1v) is 7.05. The molecule has 0 spiro atoms. The Kier molecular flexibility index (Phi) is 4.18. The number of rotatable bonds is 3. The van der Waals surface area contributed by atoms with Crippen LogP contribution in [0.15, 0.2) is 12.1 Å². The van der Waals surface area contributed by atoms with Crippen molar-refractivity contribution in [3.63, 3.8) is 0 Å². The quantitative estimate of drug-likeness (QED) is 0.904. The molecule has 1 aliphatic carbocycles. The van der Waals surface area contributed by atoms with Gasteiger partial charge in [0.05, 0.1) is 7.11 Å². The summed E-state index contributed by atoms with van der Waals surface area (Å²) in [5, 5.41) is 0.742. The summed E-state index contributed by atoms with van der Waals surface area (Å²) in [5.74, 6) is 0.871. The van der Waals surface area contributed by atoms with E-state index in [4.69, 9.17) is 22.1 Å². The van der Waals surface area contributed by atoms with E-state index in [9.17, 15) is 0 Å². The topological polar surface area (TPSA) is 35.2 Å². The zero-order chi connectivity index (χ0) is 13.2. The van der Waals surface area contributed by atoms with Gasteiger partial charge in [0.25, 0.3) is 0 Å². The van der Waals surface area contributed by atoms with Crippen molar-refractivity contribution >= 4 is 11.6 Å². The highest BCUT2D eigenvalue weighted by Crippen LogP contribution is 2.43. The van der Waals surface area contributed by atoms with Gasteiger partial charge < -0.3 is 10.5 Å². The summed E-state index contributed by atoms with van der Waals surface area (Å²) in [4.78, 5) is 0. The monoisotopic (exact) mass is 267 g/mol. The maximum Gasteiger partial charge on any atom is 0.123 e. The van der Waals surface area contributed by atoms with E-state index in [2.05, 4.69) is 13.0 Å². The third-order valence-corrected chi connectivity index (χ3v) is 4.54. The molecule has 1 aromatic rings. The lowest BCUT2D eigenvalue weighted by molar-refractivity contribution is 0.298. The van der Waals surface area contributed by atoms with Crippen molar-refractivity contribution in [3.05, 3.63) is 28.3 Å². The van der Waals surface area contributed by atoms with Crippen LogP contribution in [0.2, 0.25) is 5.02 Å². The fourth-order valence-corrected chi connectivity index (χ4v) is 3.44. The van der Waals surface area contributed by atoms with Gasteiger partial charge in [-0.05, 0) is 43.0 Å². The zero-order valence-corrected chi connectivity index (χ0v) is 12.0. The molecule has 100 valence electrons. The molecule has 0 saturated heterocycles. The van der Waals surface area contributed by atoms with Crippen LogP contribution in [0.3, 0.4) is 0 Å². The Balaban J connectivity index is 2.50. The van der Waals surface area contributed by atoms with E-state index in [0.29, 0.717) is 6.54 Å². The SMILES string of the molecule is COc1cc(Cl)cc(C2(CN)CCCCC2)c1C. The predicted molar refractivity (Wildman–Crippen MR) is 76.6 cm³/mol. The molecule has 0 heterocycles. The first-order chi connectivity index (χ1) is 8.63. The molecule has 0 bridgehead atoms. The minimum atomic E-state index is 0.0977. The summed E-state index contributed by atoms with van der Waals surface area (Å²) in [6.45, 7) is 2.80. The van der Waals surface area contributed by atoms with Crippen LogP contribution in [0.4, 0.5) is 0 Å². The molecule has 0 aliphatic heterocycles. The summed E-state index contributed by atoms with van der Waals surface area (Å²) in [5.41, 5.74) is 8.67.